The van der Waals surface area contributed by atoms with E-state index in [1.54, 1.807) is 16.5 Å². The lowest BCUT2D eigenvalue weighted by molar-refractivity contribution is -0.136. The van der Waals surface area contributed by atoms with Crippen LogP contribution in [0.5, 0.6) is 0 Å². The second-order valence-electron chi connectivity index (χ2n) is 5.87. The largest absolute Gasteiger partial charge is 0.379 e. The first-order valence-electron chi connectivity index (χ1n) is 8.00. The Morgan fingerprint density at radius 3 is 2.83 bits per heavy atom. The molecule has 0 unspecified atom stereocenters. The summed E-state index contributed by atoms with van der Waals surface area (Å²) in [6.07, 6.45) is 3.54. The molecule has 7 nitrogen and oxygen atoms in total. The Hall–Kier alpha value is -1.51. The van der Waals surface area contributed by atoms with Gasteiger partial charge in [-0.15, -0.1) is 11.3 Å². The van der Waals surface area contributed by atoms with Crippen LogP contribution in [-0.4, -0.2) is 72.5 Å². The second kappa shape index (κ2) is 7.85. The van der Waals surface area contributed by atoms with Crippen LogP contribution in [-0.2, 0) is 14.3 Å². The van der Waals surface area contributed by atoms with Crippen LogP contribution in [0.1, 0.15) is 12.8 Å². The number of thiazole rings is 1. The predicted molar refractivity (Wildman–Crippen MR) is 87.3 cm³/mol. The number of ether oxygens (including phenoxy) is 1. The van der Waals surface area contributed by atoms with E-state index in [4.69, 9.17) is 4.74 Å². The molecule has 8 heteroatoms. The highest BCUT2D eigenvalue weighted by molar-refractivity contribution is 7.13. The van der Waals surface area contributed by atoms with Gasteiger partial charge in [0, 0.05) is 43.7 Å². The summed E-state index contributed by atoms with van der Waals surface area (Å²) in [5.74, 6) is 0.0378. The summed E-state index contributed by atoms with van der Waals surface area (Å²) < 4.78 is 5.33. The molecule has 1 saturated carbocycles. The lowest BCUT2D eigenvalue weighted by atomic mass is 10.3. The highest BCUT2D eigenvalue weighted by Gasteiger charge is 2.34. The number of morpholine rings is 1. The van der Waals surface area contributed by atoms with Crippen LogP contribution in [0.15, 0.2) is 11.6 Å². The molecule has 1 aromatic heterocycles. The maximum absolute atomic E-state index is 12.4. The molecule has 2 fully saturated rings. The summed E-state index contributed by atoms with van der Waals surface area (Å²) in [5.41, 5.74) is 0. The van der Waals surface area contributed by atoms with Crippen molar-refractivity contribution >= 4 is 28.3 Å². The van der Waals surface area contributed by atoms with Crippen molar-refractivity contribution < 1.29 is 14.3 Å². The molecule has 1 aliphatic carbocycles. The number of hydrogen-bond donors (Lipinski definition) is 1. The summed E-state index contributed by atoms with van der Waals surface area (Å²) >= 11 is 1.37. The maximum Gasteiger partial charge on any atom is 0.245 e. The quantitative estimate of drug-likeness (QED) is 0.790. The van der Waals surface area contributed by atoms with Crippen molar-refractivity contribution in [1.29, 1.82) is 0 Å². The Morgan fingerprint density at radius 2 is 2.17 bits per heavy atom. The zero-order valence-electron chi connectivity index (χ0n) is 13.1. The van der Waals surface area contributed by atoms with Gasteiger partial charge in [0.05, 0.1) is 19.8 Å². The molecule has 1 aliphatic heterocycles. The van der Waals surface area contributed by atoms with E-state index in [2.05, 4.69) is 15.2 Å². The van der Waals surface area contributed by atoms with Gasteiger partial charge >= 0.3 is 0 Å². The van der Waals surface area contributed by atoms with Gasteiger partial charge in [-0.3, -0.25) is 14.5 Å². The predicted octanol–water partition coefficient (Wildman–Crippen LogP) is 0.652. The Balaban J connectivity index is 1.51. The Bertz CT molecular complexity index is 527. The average molecular weight is 338 g/mol. The number of nitrogens with one attached hydrogen (secondary N) is 1. The van der Waals surface area contributed by atoms with Crippen LogP contribution in [0.25, 0.3) is 0 Å². The molecule has 1 N–H and O–H groups in total. The molecule has 2 aliphatic rings. The first kappa shape index (κ1) is 16.4. The third-order valence-electron chi connectivity index (χ3n) is 4.04. The third kappa shape index (κ3) is 4.98. The van der Waals surface area contributed by atoms with Crippen molar-refractivity contribution in [2.45, 2.75) is 12.8 Å². The van der Waals surface area contributed by atoms with E-state index >= 15 is 0 Å². The lowest BCUT2D eigenvalue weighted by Gasteiger charge is -2.30. The van der Waals surface area contributed by atoms with Gasteiger partial charge in [0.25, 0.3) is 0 Å². The van der Waals surface area contributed by atoms with Gasteiger partial charge in [0.1, 0.15) is 0 Å². The van der Waals surface area contributed by atoms with Crippen molar-refractivity contribution in [1.82, 2.24) is 14.8 Å². The van der Waals surface area contributed by atoms with Crippen molar-refractivity contribution in [3.63, 3.8) is 0 Å². The SMILES string of the molecule is O=C(CN(CCN1CCOCC1)C(=O)C1CC1)Nc1nccs1. The standard InChI is InChI=1S/C15H22N4O3S/c20-13(17-15-16-3-10-23-15)11-19(14(21)12-1-2-12)5-4-18-6-8-22-9-7-18/h3,10,12H,1-2,4-9,11H2,(H,16,17,20). The van der Waals surface area contributed by atoms with Crippen LogP contribution in [0.2, 0.25) is 0 Å². The number of carbonyl (C=O) groups is 2. The molecule has 2 heterocycles. The first-order chi connectivity index (χ1) is 11.2. The van der Waals surface area contributed by atoms with Crippen LogP contribution in [0.4, 0.5) is 5.13 Å². The van der Waals surface area contributed by atoms with Gasteiger partial charge in [0.15, 0.2) is 5.13 Å². The van der Waals surface area contributed by atoms with Gasteiger partial charge in [-0.2, -0.15) is 0 Å². The molecule has 0 spiro atoms. The number of nitrogens with zero attached hydrogens (tertiary/aromatic N) is 3. The lowest BCUT2D eigenvalue weighted by Crippen LogP contribution is -2.45. The average Bonchev–Trinajstić information content (AvgIpc) is 3.30. The third-order valence-corrected chi connectivity index (χ3v) is 4.73. The van der Waals surface area contributed by atoms with E-state index in [0.717, 1.165) is 45.7 Å². The van der Waals surface area contributed by atoms with Crippen LogP contribution >= 0.6 is 11.3 Å². The zero-order chi connectivity index (χ0) is 16.1. The smallest absolute Gasteiger partial charge is 0.245 e. The number of aromatic nitrogens is 1. The fourth-order valence-corrected chi connectivity index (χ4v) is 3.10. The van der Waals surface area contributed by atoms with Gasteiger partial charge < -0.3 is 15.0 Å². The van der Waals surface area contributed by atoms with Crippen LogP contribution < -0.4 is 5.32 Å². The van der Waals surface area contributed by atoms with Gasteiger partial charge in [-0.1, -0.05) is 0 Å². The number of carbonyl (C=O) groups excluding carboxylic acids is 2. The summed E-state index contributed by atoms with van der Waals surface area (Å²) in [4.78, 5) is 32.6. The fraction of sp³-hybridized carbons (Fsp3) is 0.667. The second-order valence-corrected chi connectivity index (χ2v) is 6.77. The summed E-state index contributed by atoms with van der Waals surface area (Å²) in [6.45, 7) is 4.71. The van der Waals surface area contributed by atoms with Crippen molar-refractivity contribution in [3.05, 3.63) is 11.6 Å². The molecule has 23 heavy (non-hydrogen) atoms. The van der Waals surface area contributed by atoms with E-state index in [1.165, 1.54) is 11.3 Å². The molecule has 0 atom stereocenters. The van der Waals surface area contributed by atoms with Crippen LogP contribution in [0, 0.1) is 5.92 Å². The van der Waals surface area contributed by atoms with Crippen LogP contribution in [0.3, 0.4) is 0 Å². The van der Waals surface area contributed by atoms with Gasteiger partial charge in [0.2, 0.25) is 11.8 Å². The van der Waals surface area contributed by atoms with E-state index < -0.39 is 0 Å². The molecule has 3 rings (SSSR count). The number of rotatable bonds is 7. The molecule has 126 valence electrons. The Morgan fingerprint density at radius 1 is 1.39 bits per heavy atom. The fourth-order valence-electron chi connectivity index (χ4n) is 2.56. The Labute approximate surface area is 139 Å². The van der Waals surface area contributed by atoms with Gasteiger partial charge in [-0.25, -0.2) is 4.98 Å². The van der Waals surface area contributed by atoms with Crippen molar-refractivity contribution in [2.75, 3.05) is 51.3 Å². The number of hydrogen-bond acceptors (Lipinski definition) is 6. The molecule has 1 aromatic rings. The van der Waals surface area contributed by atoms with E-state index in [1.807, 2.05) is 0 Å². The Kier molecular flexibility index (Phi) is 5.58. The molecular weight excluding hydrogens is 316 g/mol. The van der Waals surface area contributed by atoms with Gasteiger partial charge in [-0.05, 0) is 12.8 Å². The molecule has 0 radical (unpaired) electrons. The van der Waals surface area contributed by atoms with E-state index in [9.17, 15) is 9.59 Å². The van der Waals surface area contributed by atoms with Crippen molar-refractivity contribution in [2.24, 2.45) is 5.92 Å². The summed E-state index contributed by atoms with van der Waals surface area (Å²) in [7, 11) is 0. The minimum atomic E-state index is -0.184. The molecule has 0 bridgehead atoms. The zero-order valence-corrected chi connectivity index (χ0v) is 13.9. The highest BCUT2D eigenvalue weighted by Crippen LogP contribution is 2.31. The summed E-state index contributed by atoms with van der Waals surface area (Å²) in [5, 5.41) is 5.12. The minimum absolute atomic E-state index is 0.0965. The normalized spacial score (nSPS) is 18.6. The van der Waals surface area contributed by atoms with E-state index in [0.29, 0.717) is 11.7 Å². The monoisotopic (exact) mass is 338 g/mol. The molecular formula is C15H22N4O3S. The molecule has 1 saturated heterocycles. The molecule has 0 aromatic carbocycles. The number of amides is 2. The first-order valence-corrected chi connectivity index (χ1v) is 8.88. The summed E-state index contributed by atoms with van der Waals surface area (Å²) in [6, 6.07) is 0. The van der Waals surface area contributed by atoms with E-state index in [-0.39, 0.29) is 24.3 Å². The number of anilines is 1. The minimum Gasteiger partial charge on any atom is -0.379 e. The topological polar surface area (TPSA) is 74.8 Å². The highest BCUT2D eigenvalue weighted by atomic mass is 32.1. The van der Waals surface area contributed by atoms with Crippen molar-refractivity contribution in [3.8, 4) is 0 Å². The molecule has 2 amide bonds. The maximum atomic E-state index is 12.4.